The van der Waals surface area contributed by atoms with Crippen LogP contribution >= 0.6 is 0 Å². The van der Waals surface area contributed by atoms with Crippen LogP contribution in [-0.4, -0.2) is 7.11 Å². The van der Waals surface area contributed by atoms with Gasteiger partial charge < -0.3 is 4.74 Å². The first-order chi connectivity index (χ1) is 5.29. The van der Waals surface area contributed by atoms with Crippen molar-refractivity contribution in [2.75, 3.05) is 7.11 Å². The number of methoxy groups -OCH3 is 1. The average Bonchev–Trinajstić information content (AvgIpc) is 2.04. The maximum absolute atomic E-state index is 5.15. The molecule has 0 atom stereocenters. The molecule has 0 saturated heterocycles. The van der Waals surface area contributed by atoms with Gasteiger partial charge in [0.15, 0.2) is 0 Å². The quantitative estimate of drug-likeness (QED) is 0.575. The fourth-order valence-electron chi connectivity index (χ4n) is 1.10. The molecule has 1 nitrogen and oxygen atoms in total. The van der Waals surface area contributed by atoms with Gasteiger partial charge in [-0.3, -0.25) is 0 Å². The standard InChI is InChI=1S/C10H12O/c1-4-9-8(2)6-5-7-10(9)11-3/h4-7H,2H2,1,3H3/b9-4+. The Bertz CT molecular complexity index is 338. The monoisotopic (exact) mass is 148 g/mol. The fraction of sp³-hybridized carbons (Fsp3) is 0.200. The molecule has 1 heteroatoms. The van der Waals surface area contributed by atoms with Crippen LogP contribution in [-0.2, 0) is 0 Å². The Balaban J connectivity index is 3.51. The van der Waals surface area contributed by atoms with Gasteiger partial charge in [0, 0.05) is 5.22 Å². The Labute approximate surface area is 66.6 Å². The van der Waals surface area contributed by atoms with E-state index in [-0.39, 0.29) is 0 Å². The van der Waals surface area contributed by atoms with Crippen LogP contribution in [0, 0.1) is 0 Å². The van der Waals surface area contributed by atoms with Crippen LogP contribution in [0.5, 0.6) is 5.75 Å². The maximum Gasteiger partial charge on any atom is 0.126 e. The summed E-state index contributed by atoms with van der Waals surface area (Å²) in [5.41, 5.74) is 0. The van der Waals surface area contributed by atoms with Gasteiger partial charge in [-0.2, -0.15) is 0 Å². The molecule has 0 N–H and O–H groups in total. The van der Waals surface area contributed by atoms with E-state index >= 15 is 0 Å². The van der Waals surface area contributed by atoms with Crippen molar-refractivity contribution in [2.45, 2.75) is 6.92 Å². The molecular formula is C10H12O. The maximum atomic E-state index is 5.15. The second-order valence-electron chi connectivity index (χ2n) is 2.32. The van der Waals surface area contributed by atoms with Gasteiger partial charge in [0.05, 0.1) is 7.11 Å². The summed E-state index contributed by atoms with van der Waals surface area (Å²) >= 11 is 0. The summed E-state index contributed by atoms with van der Waals surface area (Å²) in [5, 5.41) is 2.09. The SMILES string of the molecule is C=c1cccc(OC)/c1=C/C. The Morgan fingerprint density at radius 1 is 1.45 bits per heavy atom. The minimum atomic E-state index is 0.889. The molecule has 1 aromatic rings. The largest absolute Gasteiger partial charge is 0.496 e. The lowest BCUT2D eigenvalue weighted by Crippen LogP contribution is -2.23. The number of benzene rings is 1. The summed E-state index contributed by atoms with van der Waals surface area (Å²) in [4.78, 5) is 0. The zero-order valence-electron chi connectivity index (χ0n) is 6.92. The minimum absolute atomic E-state index is 0.889. The Kier molecular flexibility index (Phi) is 2.32. The Morgan fingerprint density at radius 2 is 2.18 bits per heavy atom. The highest BCUT2D eigenvalue weighted by Crippen LogP contribution is 1.96. The van der Waals surface area contributed by atoms with E-state index in [1.165, 1.54) is 0 Å². The van der Waals surface area contributed by atoms with Gasteiger partial charge in [-0.25, -0.2) is 0 Å². The second-order valence-corrected chi connectivity index (χ2v) is 2.32. The number of rotatable bonds is 1. The molecule has 0 aliphatic rings. The smallest absolute Gasteiger partial charge is 0.126 e. The van der Waals surface area contributed by atoms with Crippen molar-refractivity contribution >= 4 is 12.7 Å². The first-order valence-electron chi connectivity index (χ1n) is 3.58. The molecule has 0 aliphatic heterocycles. The third-order valence-electron chi connectivity index (χ3n) is 1.67. The number of ether oxygens (including phenoxy) is 1. The molecule has 1 aromatic carbocycles. The van der Waals surface area contributed by atoms with Crippen LogP contribution in [0.1, 0.15) is 6.92 Å². The molecule has 0 saturated carbocycles. The van der Waals surface area contributed by atoms with Crippen LogP contribution in [0.25, 0.3) is 12.7 Å². The lowest BCUT2D eigenvalue weighted by Gasteiger charge is -1.99. The average molecular weight is 148 g/mol. The third-order valence-corrected chi connectivity index (χ3v) is 1.67. The fourth-order valence-corrected chi connectivity index (χ4v) is 1.10. The van der Waals surface area contributed by atoms with Crippen molar-refractivity contribution in [2.24, 2.45) is 0 Å². The van der Waals surface area contributed by atoms with Crippen LogP contribution in [0.2, 0.25) is 0 Å². The van der Waals surface area contributed by atoms with Gasteiger partial charge in [-0.1, -0.05) is 24.8 Å². The van der Waals surface area contributed by atoms with E-state index in [4.69, 9.17) is 4.74 Å². The number of hydrogen-bond acceptors (Lipinski definition) is 1. The van der Waals surface area contributed by atoms with Gasteiger partial charge in [-0.05, 0) is 18.2 Å². The topological polar surface area (TPSA) is 9.23 Å². The normalized spacial score (nSPS) is 11.6. The van der Waals surface area contributed by atoms with Gasteiger partial charge in [-0.15, -0.1) is 0 Å². The summed E-state index contributed by atoms with van der Waals surface area (Å²) in [6, 6.07) is 5.84. The van der Waals surface area contributed by atoms with E-state index in [0.29, 0.717) is 0 Å². The van der Waals surface area contributed by atoms with E-state index in [9.17, 15) is 0 Å². The summed E-state index contributed by atoms with van der Waals surface area (Å²) < 4.78 is 5.15. The molecule has 0 amide bonds. The highest BCUT2D eigenvalue weighted by Gasteiger charge is 1.90. The molecule has 0 unspecified atom stereocenters. The van der Waals surface area contributed by atoms with Crippen LogP contribution < -0.4 is 15.2 Å². The van der Waals surface area contributed by atoms with Crippen LogP contribution in [0.15, 0.2) is 18.2 Å². The van der Waals surface area contributed by atoms with Crippen molar-refractivity contribution in [3.05, 3.63) is 28.6 Å². The lowest BCUT2D eigenvalue weighted by atomic mass is 10.2. The van der Waals surface area contributed by atoms with E-state index < -0.39 is 0 Å². The summed E-state index contributed by atoms with van der Waals surface area (Å²) in [7, 11) is 1.67. The van der Waals surface area contributed by atoms with Gasteiger partial charge in [0.2, 0.25) is 0 Å². The van der Waals surface area contributed by atoms with Gasteiger partial charge in [0.1, 0.15) is 5.75 Å². The van der Waals surface area contributed by atoms with Crippen LogP contribution in [0.3, 0.4) is 0 Å². The first kappa shape index (κ1) is 7.86. The molecule has 58 valence electrons. The molecule has 0 spiro atoms. The Morgan fingerprint density at radius 3 is 2.64 bits per heavy atom. The van der Waals surface area contributed by atoms with Crippen molar-refractivity contribution in [1.82, 2.24) is 0 Å². The second kappa shape index (κ2) is 3.24. The van der Waals surface area contributed by atoms with Gasteiger partial charge >= 0.3 is 0 Å². The summed E-state index contributed by atoms with van der Waals surface area (Å²) in [6.45, 7) is 5.87. The van der Waals surface area contributed by atoms with E-state index in [1.807, 2.05) is 31.2 Å². The predicted molar refractivity (Wildman–Crippen MR) is 47.9 cm³/mol. The molecule has 0 bridgehead atoms. The molecular weight excluding hydrogens is 136 g/mol. The number of hydrogen-bond donors (Lipinski definition) is 0. The minimum Gasteiger partial charge on any atom is -0.496 e. The van der Waals surface area contributed by atoms with Crippen molar-refractivity contribution < 1.29 is 4.74 Å². The third kappa shape index (κ3) is 1.43. The van der Waals surface area contributed by atoms with E-state index in [1.54, 1.807) is 7.11 Å². The predicted octanol–water partition coefficient (Wildman–Crippen LogP) is 0.906. The zero-order valence-corrected chi connectivity index (χ0v) is 6.92. The summed E-state index contributed by atoms with van der Waals surface area (Å²) in [5.74, 6) is 0.889. The van der Waals surface area contributed by atoms with E-state index in [2.05, 4.69) is 6.58 Å². The molecule has 0 aliphatic carbocycles. The molecule has 0 aromatic heterocycles. The van der Waals surface area contributed by atoms with Crippen molar-refractivity contribution in [3.8, 4) is 5.75 Å². The molecule has 0 fully saturated rings. The van der Waals surface area contributed by atoms with Crippen LogP contribution in [0.4, 0.5) is 0 Å². The molecule has 0 heterocycles. The highest BCUT2D eigenvalue weighted by atomic mass is 16.5. The van der Waals surface area contributed by atoms with Crippen molar-refractivity contribution in [3.63, 3.8) is 0 Å². The van der Waals surface area contributed by atoms with Crippen molar-refractivity contribution in [1.29, 1.82) is 0 Å². The zero-order chi connectivity index (χ0) is 8.27. The van der Waals surface area contributed by atoms with Gasteiger partial charge in [0.25, 0.3) is 0 Å². The molecule has 1 rings (SSSR count). The van der Waals surface area contributed by atoms with E-state index in [0.717, 1.165) is 16.2 Å². The molecule has 11 heavy (non-hydrogen) atoms. The Hall–Kier alpha value is -1.24. The molecule has 0 radical (unpaired) electrons. The lowest BCUT2D eigenvalue weighted by molar-refractivity contribution is 0.411. The highest BCUT2D eigenvalue weighted by molar-refractivity contribution is 5.34. The first-order valence-corrected chi connectivity index (χ1v) is 3.58. The summed E-state index contributed by atoms with van der Waals surface area (Å²) in [6.07, 6.45) is 2.00.